The van der Waals surface area contributed by atoms with Crippen LogP contribution < -0.4 is 5.32 Å². The monoisotopic (exact) mass is 274 g/mol. The van der Waals surface area contributed by atoms with Gasteiger partial charge in [-0.1, -0.05) is 12.1 Å². The summed E-state index contributed by atoms with van der Waals surface area (Å²) < 4.78 is 12.8. The molecule has 2 amide bonds. The van der Waals surface area contributed by atoms with E-state index in [9.17, 15) is 9.18 Å². The maximum absolute atomic E-state index is 12.8. The Morgan fingerprint density at radius 3 is 3.00 bits per heavy atom. The number of carbonyl (C=O) groups excluding carboxylic acids is 1. The standard InChI is InChI=1S/C14H15FN4O/c15-11-3-1-10(2-4-11)7-16-14(20)19-6-5-12-13(8-19)18-9-17-12/h1-4,9H,5-8H2,(H,16,20)(H,17,18). The summed E-state index contributed by atoms with van der Waals surface area (Å²) in [4.78, 5) is 21.1. The van der Waals surface area contributed by atoms with E-state index in [2.05, 4.69) is 15.3 Å². The summed E-state index contributed by atoms with van der Waals surface area (Å²) >= 11 is 0. The Labute approximate surface area is 115 Å². The van der Waals surface area contributed by atoms with E-state index < -0.39 is 0 Å². The normalized spacial score (nSPS) is 13.9. The molecule has 0 saturated heterocycles. The average molecular weight is 274 g/mol. The van der Waals surface area contributed by atoms with Crippen LogP contribution in [0.1, 0.15) is 17.0 Å². The van der Waals surface area contributed by atoms with E-state index in [1.165, 1.54) is 12.1 Å². The lowest BCUT2D eigenvalue weighted by molar-refractivity contribution is 0.191. The van der Waals surface area contributed by atoms with Crippen LogP contribution in [0.4, 0.5) is 9.18 Å². The minimum Gasteiger partial charge on any atom is -0.347 e. The van der Waals surface area contributed by atoms with E-state index in [0.717, 1.165) is 23.4 Å². The first-order chi connectivity index (χ1) is 9.72. The predicted octanol–water partition coefficient (Wildman–Crippen LogP) is 1.82. The summed E-state index contributed by atoms with van der Waals surface area (Å²) in [5.74, 6) is -0.275. The molecule has 5 nitrogen and oxygen atoms in total. The summed E-state index contributed by atoms with van der Waals surface area (Å²) in [6.07, 6.45) is 2.42. The number of urea groups is 1. The number of rotatable bonds is 2. The molecule has 0 fully saturated rings. The summed E-state index contributed by atoms with van der Waals surface area (Å²) in [6, 6.07) is 5.99. The van der Waals surface area contributed by atoms with Gasteiger partial charge in [0.25, 0.3) is 0 Å². The molecule has 0 saturated carbocycles. The van der Waals surface area contributed by atoms with Gasteiger partial charge in [-0.2, -0.15) is 0 Å². The van der Waals surface area contributed by atoms with Gasteiger partial charge in [-0.05, 0) is 17.7 Å². The highest BCUT2D eigenvalue weighted by Crippen LogP contribution is 2.14. The molecule has 0 aliphatic carbocycles. The third-order valence-corrected chi connectivity index (χ3v) is 3.42. The number of imidazole rings is 1. The fourth-order valence-electron chi connectivity index (χ4n) is 2.28. The fourth-order valence-corrected chi connectivity index (χ4v) is 2.28. The first kappa shape index (κ1) is 12.7. The van der Waals surface area contributed by atoms with Gasteiger partial charge in [0.05, 0.1) is 24.3 Å². The number of benzene rings is 1. The van der Waals surface area contributed by atoms with Crippen LogP contribution in [0.25, 0.3) is 0 Å². The van der Waals surface area contributed by atoms with Crippen molar-refractivity contribution in [2.24, 2.45) is 0 Å². The molecule has 0 unspecified atom stereocenters. The quantitative estimate of drug-likeness (QED) is 0.877. The molecule has 104 valence electrons. The second-order valence-electron chi connectivity index (χ2n) is 4.78. The number of nitrogens with one attached hydrogen (secondary N) is 2. The molecule has 0 spiro atoms. The molecule has 20 heavy (non-hydrogen) atoms. The van der Waals surface area contributed by atoms with Crippen LogP contribution in [0, 0.1) is 5.82 Å². The van der Waals surface area contributed by atoms with Gasteiger partial charge in [0, 0.05) is 19.5 Å². The maximum Gasteiger partial charge on any atom is 0.318 e. The third-order valence-electron chi connectivity index (χ3n) is 3.42. The smallest absolute Gasteiger partial charge is 0.318 e. The van der Waals surface area contributed by atoms with Crippen LogP contribution in [0.5, 0.6) is 0 Å². The van der Waals surface area contributed by atoms with Crippen molar-refractivity contribution in [2.75, 3.05) is 6.54 Å². The topological polar surface area (TPSA) is 61.0 Å². The van der Waals surface area contributed by atoms with Gasteiger partial charge < -0.3 is 15.2 Å². The van der Waals surface area contributed by atoms with Crippen LogP contribution in [-0.4, -0.2) is 27.4 Å². The Bertz CT molecular complexity index is 608. The van der Waals surface area contributed by atoms with Crippen LogP contribution in [0.2, 0.25) is 0 Å². The molecule has 0 atom stereocenters. The van der Waals surface area contributed by atoms with Crippen LogP contribution >= 0.6 is 0 Å². The fraction of sp³-hybridized carbons (Fsp3) is 0.286. The van der Waals surface area contributed by atoms with Crippen molar-refractivity contribution in [3.8, 4) is 0 Å². The zero-order chi connectivity index (χ0) is 13.9. The first-order valence-corrected chi connectivity index (χ1v) is 6.51. The zero-order valence-electron chi connectivity index (χ0n) is 10.9. The minimum atomic E-state index is -0.275. The molecule has 3 rings (SSSR count). The SMILES string of the molecule is O=C(NCc1ccc(F)cc1)N1CCc2nc[nH]c2C1. The summed E-state index contributed by atoms with van der Waals surface area (Å²) in [5, 5.41) is 2.84. The van der Waals surface area contributed by atoms with Crippen LogP contribution in [-0.2, 0) is 19.5 Å². The van der Waals surface area contributed by atoms with Crippen LogP contribution in [0.15, 0.2) is 30.6 Å². The molecule has 1 aliphatic heterocycles. The number of fused-ring (bicyclic) bond motifs is 1. The van der Waals surface area contributed by atoms with Gasteiger partial charge >= 0.3 is 6.03 Å². The Morgan fingerprint density at radius 1 is 1.40 bits per heavy atom. The van der Waals surface area contributed by atoms with Crippen molar-refractivity contribution in [2.45, 2.75) is 19.5 Å². The lowest BCUT2D eigenvalue weighted by atomic mass is 10.1. The Kier molecular flexibility index (Phi) is 3.37. The van der Waals surface area contributed by atoms with E-state index in [4.69, 9.17) is 0 Å². The average Bonchev–Trinajstić information content (AvgIpc) is 2.93. The van der Waals surface area contributed by atoms with E-state index in [1.54, 1.807) is 23.4 Å². The number of aromatic nitrogens is 2. The second kappa shape index (κ2) is 5.32. The number of hydrogen-bond acceptors (Lipinski definition) is 2. The highest BCUT2D eigenvalue weighted by Gasteiger charge is 2.21. The molecular weight excluding hydrogens is 259 g/mol. The number of carbonyl (C=O) groups is 1. The Hall–Kier alpha value is -2.37. The minimum absolute atomic E-state index is 0.116. The van der Waals surface area contributed by atoms with Gasteiger partial charge in [0.2, 0.25) is 0 Å². The lowest BCUT2D eigenvalue weighted by Crippen LogP contribution is -2.42. The zero-order valence-corrected chi connectivity index (χ0v) is 10.9. The summed E-state index contributed by atoms with van der Waals surface area (Å²) in [5.41, 5.74) is 2.90. The summed E-state index contributed by atoms with van der Waals surface area (Å²) in [7, 11) is 0. The molecule has 1 aliphatic rings. The van der Waals surface area contributed by atoms with Crippen molar-refractivity contribution in [3.63, 3.8) is 0 Å². The number of amides is 2. The molecule has 1 aromatic heterocycles. The van der Waals surface area contributed by atoms with Crippen molar-refractivity contribution < 1.29 is 9.18 Å². The largest absolute Gasteiger partial charge is 0.347 e. The maximum atomic E-state index is 12.8. The predicted molar refractivity (Wildman–Crippen MR) is 71.3 cm³/mol. The molecule has 2 N–H and O–H groups in total. The van der Waals surface area contributed by atoms with Crippen molar-refractivity contribution >= 4 is 6.03 Å². The van der Waals surface area contributed by atoms with Crippen molar-refractivity contribution in [1.29, 1.82) is 0 Å². The van der Waals surface area contributed by atoms with Crippen molar-refractivity contribution in [1.82, 2.24) is 20.2 Å². The van der Waals surface area contributed by atoms with E-state index in [1.807, 2.05) is 0 Å². The van der Waals surface area contributed by atoms with Gasteiger partial charge in [-0.25, -0.2) is 14.2 Å². The summed E-state index contributed by atoms with van der Waals surface area (Å²) in [6.45, 7) is 1.60. The number of hydrogen-bond donors (Lipinski definition) is 2. The third kappa shape index (κ3) is 2.64. The van der Waals surface area contributed by atoms with Gasteiger partial charge in [-0.15, -0.1) is 0 Å². The Morgan fingerprint density at radius 2 is 2.20 bits per heavy atom. The van der Waals surface area contributed by atoms with Gasteiger partial charge in [-0.3, -0.25) is 0 Å². The highest BCUT2D eigenvalue weighted by molar-refractivity contribution is 5.74. The highest BCUT2D eigenvalue weighted by atomic mass is 19.1. The van der Waals surface area contributed by atoms with Gasteiger partial charge in [0.1, 0.15) is 5.82 Å². The number of H-pyrrole nitrogens is 1. The van der Waals surface area contributed by atoms with E-state index >= 15 is 0 Å². The number of aromatic amines is 1. The lowest BCUT2D eigenvalue weighted by Gasteiger charge is -2.26. The molecule has 1 aromatic carbocycles. The van der Waals surface area contributed by atoms with Crippen molar-refractivity contribution in [3.05, 3.63) is 53.4 Å². The molecule has 0 bridgehead atoms. The molecule has 0 radical (unpaired) electrons. The van der Waals surface area contributed by atoms with Crippen LogP contribution in [0.3, 0.4) is 0 Å². The first-order valence-electron chi connectivity index (χ1n) is 6.51. The molecule has 2 aromatic rings. The molecular formula is C14H15FN4O. The van der Waals surface area contributed by atoms with E-state index in [-0.39, 0.29) is 11.8 Å². The van der Waals surface area contributed by atoms with Gasteiger partial charge in [0.15, 0.2) is 0 Å². The number of nitrogens with zero attached hydrogens (tertiary/aromatic N) is 2. The molecule has 6 heteroatoms. The number of halogens is 1. The molecule has 2 heterocycles. The second-order valence-corrected chi connectivity index (χ2v) is 4.78. The van der Waals surface area contributed by atoms with E-state index in [0.29, 0.717) is 19.6 Å². The Balaban J connectivity index is 1.56.